The summed E-state index contributed by atoms with van der Waals surface area (Å²) in [5.74, 6) is 1.58. The molecule has 2 aliphatic rings. The molecule has 1 aromatic rings. The zero-order chi connectivity index (χ0) is 14.1. The highest BCUT2D eigenvalue weighted by atomic mass is 16.5. The van der Waals surface area contributed by atoms with Crippen LogP contribution in [0.2, 0.25) is 0 Å². The Morgan fingerprint density at radius 2 is 2.45 bits per heavy atom. The van der Waals surface area contributed by atoms with Crippen LogP contribution in [-0.2, 0) is 14.3 Å². The van der Waals surface area contributed by atoms with Crippen LogP contribution in [0, 0.1) is 12.8 Å². The van der Waals surface area contributed by atoms with Gasteiger partial charge in [0.2, 0.25) is 5.91 Å². The Morgan fingerprint density at radius 1 is 1.60 bits per heavy atom. The molecular formula is C13H20N4O3. The quantitative estimate of drug-likeness (QED) is 0.865. The fourth-order valence-electron chi connectivity index (χ4n) is 2.57. The number of aromatic nitrogens is 3. The van der Waals surface area contributed by atoms with E-state index in [1.54, 1.807) is 0 Å². The summed E-state index contributed by atoms with van der Waals surface area (Å²) < 4.78 is 11.1. The fourth-order valence-corrected chi connectivity index (χ4v) is 2.57. The highest BCUT2D eigenvalue weighted by Crippen LogP contribution is 2.36. The van der Waals surface area contributed by atoms with Crippen molar-refractivity contribution in [1.29, 1.82) is 0 Å². The molecule has 2 heterocycles. The minimum Gasteiger partial charge on any atom is -0.378 e. The number of nitrogens with one attached hydrogen (secondary N) is 1. The first-order valence-corrected chi connectivity index (χ1v) is 7.10. The Labute approximate surface area is 117 Å². The smallest absolute Gasteiger partial charge is 0.228 e. The molecule has 1 saturated heterocycles. The van der Waals surface area contributed by atoms with E-state index in [1.165, 1.54) is 0 Å². The first kappa shape index (κ1) is 13.5. The number of H-pyrrole nitrogens is 1. The van der Waals surface area contributed by atoms with Gasteiger partial charge in [-0.2, -0.15) is 5.10 Å². The van der Waals surface area contributed by atoms with E-state index in [-0.39, 0.29) is 24.0 Å². The Morgan fingerprint density at radius 3 is 3.15 bits per heavy atom. The fraction of sp³-hybridized carbons (Fsp3) is 0.769. The standard InChI is InChI=1S/C13H20N4O3/c1-3-19-10-6-9(10)13(18)17-4-5-20-11(7-17)12-14-8(2)15-16-12/h9-11H,3-7H2,1-2H3,(H,14,15,16)/t9-,10-,11+/m1/s1. The number of carbonyl (C=O) groups excluding carboxylic acids is 1. The minimum absolute atomic E-state index is 0.0302. The summed E-state index contributed by atoms with van der Waals surface area (Å²) in [6, 6.07) is 0. The zero-order valence-electron chi connectivity index (χ0n) is 11.8. The summed E-state index contributed by atoms with van der Waals surface area (Å²) >= 11 is 0. The zero-order valence-corrected chi connectivity index (χ0v) is 11.8. The second-order valence-electron chi connectivity index (χ2n) is 5.26. The van der Waals surface area contributed by atoms with E-state index in [9.17, 15) is 4.79 Å². The van der Waals surface area contributed by atoms with Gasteiger partial charge in [0, 0.05) is 13.2 Å². The van der Waals surface area contributed by atoms with Crippen molar-refractivity contribution in [3.63, 3.8) is 0 Å². The molecule has 3 rings (SSSR count). The summed E-state index contributed by atoms with van der Waals surface area (Å²) in [5.41, 5.74) is 0. The summed E-state index contributed by atoms with van der Waals surface area (Å²) in [4.78, 5) is 18.5. The normalized spacial score (nSPS) is 29.5. The van der Waals surface area contributed by atoms with Crippen LogP contribution in [0.25, 0.3) is 0 Å². The SMILES string of the molecule is CCO[C@@H]1C[C@H]1C(=O)N1CCO[C@H](c2n[nH]c(C)n2)C1. The van der Waals surface area contributed by atoms with E-state index in [1.807, 2.05) is 18.7 Å². The number of morpholine rings is 1. The number of ether oxygens (including phenoxy) is 2. The maximum atomic E-state index is 12.4. The molecule has 1 aliphatic carbocycles. The van der Waals surface area contributed by atoms with Gasteiger partial charge >= 0.3 is 0 Å². The lowest BCUT2D eigenvalue weighted by Crippen LogP contribution is -2.43. The van der Waals surface area contributed by atoms with Crippen LogP contribution in [0.1, 0.15) is 31.1 Å². The van der Waals surface area contributed by atoms with Crippen molar-refractivity contribution in [3.05, 3.63) is 11.6 Å². The number of rotatable bonds is 4. The van der Waals surface area contributed by atoms with Crippen molar-refractivity contribution in [2.24, 2.45) is 5.92 Å². The van der Waals surface area contributed by atoms with Gasteiger partial charge in [0.15, 0.2) is 5.82 Å². The van der Waals surface area contributed by atoms with Gasteiger partial charge < -0.3 is 14.4 Å². The monoisotopic (exact) mass is 280 g/mol. The highest BCUT2D eigenvalue weighted by molar-refractivity contribution is 5.82. The molecule has 1 N–H and O–H groups in total. The van der Waals surface area contributed by atoms with Crippen LogP contribution in [0.15, 0.2) is 0 Å². The number of amides is 1. The molecule has 0 radical (unpaired) electrons. The van der Waals surface area contributed by atoms with E-state index in [0.717, 1.165) is 12.2 Å². The molecule has 110 valence electrons. The predicted molar refractivity (Wildman–Crippen MR) is 69.9 cm³/mol. The summed E-state index contributed by atoms with van der Waals surface area (Å²) in [5, 5.41) is 6.92. The van der Waals surface area contributed by atoms with Crippen LogP contribution in [0.3, 0.4) is 0 Å². The molecule has 0 bridgehead atoms. The third-order valence-corrected chi connectivity index (χ3v) is 3.71. The summed E-state index contributed by atoms with van der Waals surface area (Å²) in [6.07, 6.45) is 0.718. The number of aromatic amines is 1. The first-order valence-electron chi connectivity index (χ1n) is 7.10. The molecule has 1 aliphatic heterocycles. The van der Waals surface area contributed by atoms with E-state index in [0.29, 0.717) is 32.1 Å². The summed E-state index contributed by atoms with van der Waals surface area (Å²) in [6.45, 7) is 6.14. The summed E-state index contributed by atoms with van der Waals surface area (Å²) in [7, 11) is 0. The van der Waals surface area contributed by atoms with E-state index < -0.39 is 0 Å². The molecular weight excluding hydrogens is 260 g/mol. The number of aryl methyl sites for hydroxylation is 1. The molecule has 0 unspecified atom stereocenters. The largest absolute Gasteiger partial charge is 0.378 e. The van der Waals surface area contributed by atoms with Gasteiger partial charge in [0.1, 0.15) is 11.9 Å². The van der Waals surface area contributed by atoms with E-state index in [4.69, 9.17) is 9.47 Å². The third kappa shape index (κ3) is 2.69. The third-order valence-electron chi connectivity index (χ3n) is 3.71. The van der Waals surface area contributed by atoms with Crippen LogP contribution >= 0.6 is 0 Å². The number of hydrogen-bond acceptors (Lipinski definition) is 5. The van der Waals surface area contributed by atoms with Crippen LogP contribution < -0.4 is 0 Å². The molecule has 0 aromatic carbocycles. The van der Waals surface area contributed by atoms with E-state index >= 15 is 0 Å². The van der Waals surface area contributed by atoms with Crippen molar-refractivity contribution in [2.45, 2.75) is 32.5 Å². The number of hydrogen-bond donors (Lipinski definition) is 1. The van der Waals surface area contributed by atoms with Gasteiger partial charge in [0.25, 0.3) is 0 Å². The molecule has 0 spiro atoms. The van der Waals surface area contributed by atoms with Crippen molar-refractivity contribution in [3.8, 4) is 0 Å². The number of carbonyl (C=O) groups is 1. The lowest BCUT2D eigenvalue weighted by atomic mass is 10.2. The Kier molecular flexibility index (Phi) is 3.71. The van der Waals surface area contributed by atoms with Crippen LogP contribution in [0.4, 0.5) is 0 Å². The molecule has 1 saturated carbocycles. The first-order chi connectivity index (χ1) is 9.69. The molecule has 7 nitrogen and oxygen atoms in total. The minimum atomic E-state index is -0.234. The van der Waals surface area contributed by atoms with Crippen LogP contribution in [-0.4, -0.2) is 58.4 Å². The van der Waals surface area contributed by atoms with Crippen molar-refractivity contribution in [1.82, 2.24) is 20.1 Å². The van der Waals surface area contributed by atoms with Crippen LogP contribution in [0.5, 0.6) is 0 Å². The Hall–Kier alpha value is -1.47. The maximum Gasteiger partial charge on any atom is 0.228 e. The second-order valence-corrected chi connectivity index (χ2v) is 5.26. The van der Waals surface area contributed by atoms with Crippen molar-refractivity contribution < 1.29 is 14.3 Å². The topological polar surface area (TPSA) is 80.3 Å². The van der Waals surface area contributed by atoms with Gasteiger partial charge in [0.05, 0.1) is 25.2 Å². The Bertz CT molecular complexity index is 490. The molecule has 1 aromatic heterocycles. The molecule has 1 amide bonds. The maximum absolute atomic E-state index is 12.4. The lowest BCUT2D eigenvalue weighted by Gasteiger charge is -2.31. The molecule has 7 heteroatoms. The van der Waals surface area contributed by atoms with Gasteiger partial charge in [-0.15, -0.1) is 0 Å². The predicted octanol–water partition coefficient (Wildman–Crippen LogP) is 0.438. The highest BCUT2D eigenvalue weighted by Gasteiger charge is 2.46. The van der Waals surface area contributed by atoms with Crippen molar-refractivity contribution >= 4 is 5.91 Å². The van der Waals surface area contributed by atoms with Gasteiger partial charge in [-0.3, -0.25) is 9.89 Å². The lowest BCUT2D eigenvalue weighted by molar-refractivity contribution is -0.141. The Balaban J connectivity index is 1.59. The van der Waals surface area contributed by atoms with E-state index in [2.05, 4.69) is 15.2 Å². The van der Waals surface area contributed by atoms with Crippen molar-refractivity contribution in [2.75, 3.05) is 26.3 Å². The van der Waals surface area contributed by atoms with Gasteiger partial charge in [-0.25, -0.2) is 4.98 Å². The van der Waals surface area contributed by atoms with Gasteiger partial charge in [-0.1, -0.05) is 0 Å². The average molecular weight is 280 g/mol. The second kappa shape index (κ2) is 5.49. The number of nitrogens with zero attached hydrogens (tertiary/aromatic N) is 3. The van der Waals surface area contributed by atoms with Gasteiger partial charge in [-0.05, 0) is 20.3 Å². The average Bonchev–Trinajstić information content (AvgIpc) is 3.09. The molecule has 2 fully saturated rings. The molecule has 3 atom stereocenters. The molecule has 20 heavy (non-hydrogen) atoms.